The molecule has 0 rings (SSSR count). The molecular weight excluding hydrogens is 184 g/mol. The summed E-state index contributed by atoms with van der Waals surface area (Å²) in [7, 11) is 0. The van der Waals surface area contributed by atoms with Crippen molar-refractivity contribution >= 4 is 0 Å². The highest BCUT2D eigenvalue weighted by molar-refractivity contribution is 4.81. The third kappa shape index (κ3) is 3.53. The molecule has 0 aromatic heterocycles. The number of hydrogen-bond donors (Lipinski definition) is 6. The molecule has 0 aliphatic heterocycles. The van der Waals surface area contributed by atoms with Gasteiger partial charge in [0.2, 0.25) is 6.29 Å². The van der Waals surface area contributed by atoms with Crippen molar-refractivity contribution in [3.8, 4) is 0 Å². The van der Waals surface area contributed by atoms with Crippen molar-refractivity contribution in [1.82, 2.24) is 0 Å². The van der Waals surface area contributed by atoms with Crippen LogP contribution in [0.2, 0.25) is 0 Å². The Labute approximate surface area is 74.1 Å². The van der Waals surface area contributed by atoms with E-state index in [-0.39, 0.29) is 0 Å². The summed E-state index contributed by atoms with van der Waals surface area (Å²) in [6.07, 6.45) is -10.2. The Balaban J connectivity index is 4.15. The Morgan fingerprint density at radius 1 is 0.846 bits per heavy atom. The quantitative estimate of drug-likeness (QED) is 0.249. The Kier molecular flexibility index (Phi) is 5.33. The molecule has 0 aromatic rings. The highest BCUT2D eigenvalue weighted by Crippen LogP contribution is 2.07. The molecule has 0 amide bonds. The standard InChI is InChI=1S/C6H13O7/c7-1-2(8)3(9)4(10)5(11)6(12)13/h2-12H,1H2/t2-,3-,4+,5-,6?/m1/s1. The molecule has 7 heteroatoms. The van der Waals surface area contributed by atoms with Gasteiger partial charge in [-0.15, -0.1) is 0 Å². The van der Waals surface area contributed by atoms with Crippen molar-refractivity contribution in [1.29, 1.82) is 0 Å². The smallest absolute Gasteiger partial charge is 0.217 e. The van der Waals surface area contributed by atoms with E-state index < -0.39 is 37.3 Å². The van der Waals surface area contributed by atoms with Gasteiger partial charge in [-0.3, -0.25) is 0 Å². The second-order valence-electron chi connectivity index (χ2n) is 2.61. The highest BCUT2D eigenvalue weighted by atomic mass is 16.5. The van der Waals surface area contributed by atoms with Gasteiger partial charge in [-0.2, -0.15) is 5.11 Å². The van der Waals surface area contributed by atoms with Gasteiger partial charge < -0.3 is 30.6 Å². The third-order valence-electron chi connectivity index (χ3n) is 1.57. The van der Waals surface area contributed by atoms with E-state index in [0.29, 0.717) is 0 Å². The van der Waals surface area contributed by atoms with Crippen LogP contribution in [0.1, 0.15) is 0 Å². The van der Waals surface area contributed by atoms with Crippen LogP contribution >= 0.6 is 0 Å². The van der Waals surface area contributed by atoms with Crippen LogP contribution in [0.5, 0.6) is 0 Å². The van der Waals surface area contributed by atoms with E-state index in [2.05, 4.69) is 0 Å². The minimum absolute atomic E-state index is 0.833. The molecule has 79 valence electrons. The van der Waals surface area contributed by atoms with Crippen LogP contribution in [-0.4, -0.2) is 68.0 Å². The van der Waals surface area contributed by atoms with E-state index in [1.165, 1.54) is 0 Å². The molecular formula is C6H13O7. The maximum absolute atomic E-state index is 10.2. The normalized spacial score (nSPS) is 21.2. The van der Waals surface area contributed by atoms with Gasteiger partial charge in [-0.05, 0) is 0 Å². The molecule has 0 aromatic carbocycles. The summed E-state index contributed by atoms with van der Waals surface area (Å²) in [5, 5.41) is 62.2. The van der Waals surface area contributed by atoms with Gasteiger partial charge in [-0.25, -0.2) is 0 Å². The van der Waals surface area contributed by atoms with Crippen LogP contribution in [0, 0.1) is 0 Å². The Morgan fingerprint density at radius 3 is 1.62 bits per heavy atom. The number of hydrogen-bond acceptors (Lipinski definition) is 6. The fourth-order valence-corrected chi connectivity index (χ4v) is 0.706. The van der Waals surface area contributed by atoms with Crippen LogP contribution < -0.4 is 0 Å². The van der Waals surface area contributed by atoms with Gasteiger partial charge in [0.05, 0.1) is 6.61 Å². The average molecular weight is 197 g/mol. The van der Waals surface area contributed by atoms with E-state index in [4.69, 9.17) is 30.6 Å². The molecule has 0 bridgehead atoms. The molecule has 5 atom stereocenters. The number of rotatable bonds is 5. The lowest BCUT2D eigenvalue weighted by Gasteiger charge is -2.25. The van der Waals surface area contributed by atoms with E-state index >= 15 is 0 Å². The monoisotopic (exact) mass is 197 g/mol. The molecule has 0 saturated carbocycles. The van der Waals surface area contributed by atoms with Crippen LogP contribution in [0.3, 0.4) is 0 Å². The first-order valence-electron chi connectivity index (χ1n) is 3.58. The predicted molar refractivity (Wildman–Crippen MR) is 37.8 cm³/mol. The second kappa shape index (κ2) is 5.45. The topological polar surface area (TPSA) is 141 Å². The summed E-state index contributed by atoms with van der Waals surface area (Å²) in [4.78, 5) is 0. The summed E-state index contributed by atoms with van der Waals surface area (Å²) < 4.78 is 0. The van der Waals surface area contributed by atoms with Gasteiger partial charge in [0.1, 0.15) is 24.4 Å². The molecule has 0 fully saturated rings. The molecule has 6 N–H and O–H groups in total. The zero-order valence-electron chi connectivity index (χ0n) is 6.69. The molecule has 0 heterocycles. The minimum Gasteiger partial charge on any atom is -0.394 e. The maximum Gasteiger partial charge on any atom is 0.217 e. The summed E-state index contributed by atoms with van der Waals surface area (Å²) in [6.45, 7) is -0.833. The number of aliphatic hydroxyl groups excluding tert-OH is 6. The summed E-state index contributed by atoms with van der Waals surface area (Å²) in [5.74, 6) is 0. The summed E-state index contributed by atoms with van der Waals surface area (Å²) in [5.41, 5.74) is 0. The first-order chi connectivity index (χ1) is 5.91. The molecule has 1 radical (unpaired) electrons. The van der Waals surface area contributed by atoms with E-state index in [9.17, 15) is 5.11 Å². The predicted octanol–water partition coefficient (Wildman–Crippen LogP) is -3.83. The van der Waals surface area contributed by atoms with Crippen LogP contribution in [-0.2, 0) is 5.11 Å². The van der Waals surface area contributed by atoms with Crippen molar-refractivity contribution in [2.75, 3.05) is 6.61 Å². The first kappa shape index (κ1) is 12.7. The van der Waals surface area contributed by atoms with Crippen LogP contribution in [0.4, 0.5) is 0 Å². The molecule has 0 aliphatic carbocycles. The first-order valence-corrected chi connectivity index (χ1v) is 3.58. The van der Waals surface area contributed by atoms with E-state index in [1.807, 2.05) is 0 Å². The lowest BCUT2D eigenvalue weighted by atomic mass is 10.0. The summed E-state index contributed by atoms with van der Waals surface area (Å²) >= 11 is 0. The van der Waals surface area contributed by atoms with Crippen molar-refractivity contribution < 1.29 is 35.7 Å². The van der Waals surface area contributed by atoms with Crippen molar-refractivity contribution in [2.24, 2.45) is 0 Å². The molecule has 0 saturated heterocycles. The molecule has 7 nitrogen and oxygen atoms in total. The lowest BCUT2D eigenvalue weighted by molar-refractivity contribution is -0.212. The summed E-state index contributed by atoms with van der Waals surface area (Å²) in [6, 6.07) is 0. The molecule has 0 aliphatic rings. The van der Waals surface area contributed by atoms with Gasteiger partial charge >= 0.3 is 0 Å². The van der Waals surface area contributed by atoms with Gasteiger partial charge in [0, 0.05) is 0 Å². The largest absolute Gasteiger partial charge is 0.394 e. The molecule has 0 spiro atoms. The number of aliphatic hydroxyl groups is 6. The van der Waals surface area contributed by atoms with Crippen molar-refractivity contribution in [2.45, 2.75) is 30.7 Å². The SMILES string of the molecule is [O]C(O)[C@H](O)[C@@H](O)[C@H](O)[C@H](O)CO. The third-order valence-corrected chi connectivity index (χ3v) is 1.57. The lowest BCUT2D eigenvalue weighted by Crippen LogP contribution is -2.49. The Hall–Kier alpha value is -0.280. The van der Waals surface area contributed by atoms with E-state index in [0.717, 1.165) is 0 Å². The highest BCUT2D eigenvalue weighted by Gasteiger charge is 2.33. The van der Waals surface area contributed by atoms with Gasteiger partial charge in [0.15, 0.2) is 0 Å². The van der Waals surface area contributed by atoms with Gasteiger partial charge in [0.25, 0.3) is 0 Å². The van der Waals surface area contributed by atoms with Crippen LogP contribution in [0.15, 0.2) is 0 Å². The van der Waals surface area contributed by atoms with Crippen molar-refractivity contribution in [3.05, 3.63) is 0 Å². The Morgan fingerprint density at radius 2 is 1.31 bits per heavy atom. The fourth-order valence-electron chi connectivity index (χ4n) is 0.706. The molecule has 1 unspecified atom stereocenters. The van der Waals surface area contributed by atoms with Crippen molar-refractivity contribution in [3.63, 3.8) is 0 Å². The average Bonchev–Trinajstić information content (AvgIpc) is 2.12. The van der Waals surface area contributed by atoms with Crippen LogP contribution in [0.25, 0.3) is 0 Å². The second-order valence-corrected chi connectivity index (χ2v) is 2.61. The molecule has 13 heavy (non-hydrogen) atoms. The minimum atomic E-state index is -2.48. The fraction of sp³-hybridized carbons (Fsp3) is 1.00. The maximum atomic E-state index is 10.2. The van der Waals surface area contributed by atoms with E-state index in [1.54, 1.807) is 0 Å². The zero-order chi connectivity index (χ0) is 10.6. The Bertz CT molecular complexity index is 139. The van der Waals surface area contributed by atoms with Gasteiger partial charge in [-0.1, -0.05) is 0 Å². The zero-order valence-corrected chi connectivity index (χ0v) is 6.69.